The lowest BCUT2D eigenvalue weighted by Gasteiger charge is -2.40. The van der Waals surface area contributed by atoms with Crippen LogP contribution >= 0.6 is 11.9 Å². The fraction of sp³-hybridized carbons (Fsp3) is 0.500. The molecule has 0 aromatic heterocycles. The Morgan fingerprint density at radius 3 is 2.35 bits per heavy atom. The van der Waals surface area contributed by atoms with Gasteiger partial charge in [0, 0.05) is 43.8 Å². The first kappa shape index (κ1) is 31.5. The van der Waals surface area contributed by atoms with Crippen LogP contribution in [0.3, 0.4) is 0 Å². The normalized spacial score (nSPS) is 17.6. The van der Waals surface area contributed by atoms with Gasteiger partial charge in [-0.3, -0.25) is 14.4 Å². The molecule has 1 aliphatic heterocycles. The minimum absolute atomic E-state index is 0.0979. The standard InChI is InChI=1S/C28H39ClN4O6S/c1-3-4-6-24-19-23(31-28(35)30-17-5-7-27(34)39-29)16-18-33(24)20-21-8-12-25(13-9-21)38-26-14-10-22(11-15-26)32-40(2,36)37/h8-15,23-24,32H,3-7,16-20H2,1-2H3,(H2,30,31,35). The fourth-order valence-electron chi connectivity index (χ4n) is 4.73. The van der Waals surface area contributed by atoms with Crippen LogP contribution in [-0.4, -0.2) is 56.7 Å². The molecule has 10 nitrogen and oxygen atoms in total. The maximum atomic E-state index is 12.3. The molecule has 0 bridgehead atoms. The first-order valence-electron chi connectivity index (χ1n) is 13.6. The first-order chi connectivity index (χ1) is 19.1. The summed E-state index contributed by atoms with van der Waals surface area (Å²) in [4.78, 5) is 25.9. The van der Waals surface area contributed by atoms with Crippen LogP contribution < -0.4 is 20.1 Å². The average Bonchev–Trinajstić information content (AvgIpc) is 2.92. The van der Waals surface area contributed by atoms with Gasteiger partial charge in [-0.25, -0.2) is 13.2 Å². The molecule has 0 radical (unpaired) electrons. The van der Waals surface area contributed by atoms with E-state index in [9.17, 15) is 18.0 Å². The molecular weight excluding hydrogens is 556 g/mol. The van der Waals surface area contributed by atoms with Gasteiger partial charge in [0.1, 0.15) is 23.4 Å². The summed E-state index contributed by atoms with van der Waals surface area (Å²) in [5, 5.41) is 5.89. The fourth-order valence-corrected chi connectivity index (χ4v) is 5.37. The van der Waals surface area contributed by atoms with E-state index in [2.05, 4.69) is 43.6 Å². The Bertz CT molecular complexity index is 1190. The second-order valence-electron chi connectivity index (χ2n) is 10.1. The van der Waals surface area contributed by atoms with E-state index in [-0.39, 0.29) is 18.5 Å². The third kappa shape index (κ3) is 11.2. The van der Waals surface area contributed by atoms with Gasteiger partial charge in [0.05, 0.1) is 6.26 Å². The Hall–Kier alpha value is -3.02. The van der Waals surface area contributed by atoms with E-state index in [4.69, 9.17) is 16.6 Å². The van der Waals surface area contributed by atoms with E-state index in [1.54, 1.807) is 24.3 Å². The number of benzene rings is 2. The summed E-state index contributed by atoms with van der Waals surface area (Å²) < 4.78 is 35.2. The lowest BCUT2D eigenvalue weighted by Crippen LogP contribution is -2.51. The largest absolute Gasteiger partial charge is 0.457 e. The number of hydrogen-bond acceptors (Lipinski definition) is 7. The van der Waals surface area contributed by atoms with Gasteiger partial charge in [0.15, 0.2) is 0 Å². The van der Waals surface area contributed by atoms with Crippen molar-refractivity contribution in [1.29, 1.82) is 0 Å². The quantitative estimate of drug-likeness (QED) is 0.258. The number of rotatable bonds is 14. The molecule has 2 amide bonds. The second-order valence-corrected chi connectivity index (χ2v) is 12.0. The number of anilines is 1. The molecule has 3 rings (SSSR count). The van der Waals surface area contributed by atoms with E-state index in [1.807, 2.05) is 12.1 Å². The monoisotopic (exact) mass is 594 g/mol. The molecule has 1 fully saturated rings. The summed E-state index contributed by atoms with van der Waals surface area (Å²) in [6, 6.07) is 15.0. The molecular formula is C28H39ClN4O6S. The Morgan fingerprint density at radius 1 is 1.05 bits per heavy atom. The van der Waals surface area contributed by atoms with Crippen LogP contribution in [0, 0.1) is 0 Å². The van der Waals surface area contributed by atoms with Crippen LogP contribution in [-0.2, 0) is 25.7 Å². The van der Waals surface area contributed by atoms with Gasteiger partial charge >= 0.3 is 12.0 Å². The molecule has 0 saturated carbocycles. The summed E-state index contributed by atoms with van der Waals surface area (Å²) in [6.07, 6.45) is 6.80. The minimum Gasteiger partial charge on any atom is -0.457 e. The molecule has 12 heteroatoms. The molecule has 1 heterocycles. The van der Waals surface area contributed by atoms with Crippen molar-refractivity contribution in [3.05, 3.63) is 54.1 Å². The molecule has 220 valence electrons. The number of piperidine rings is 1. The second kappa shape index (κ2) is 15.7. The number of nitrogens with zero attached hydrogens (tertiary/aromatic N) is 1. The van der Waals surface area contributed by atoms with Crippen molar-refractivity contribution >= 4 is 39.6 Å². The summed E-state index contributed by atoms with van der Waals surface area (Å²) in [7, 11) is -3.32. The number of amides is 2. The van der Waals surface area contributed by atoms with Gasteiger partial charge in [-0.15, -0.1) is 0 Å². The van der Waals surface area contributed by atoms with Crippen molar-refractivity contribution in [1.82, 2.24) is 15.5 Å². The Balaban J connectivity index is 1.49. The molecule has 2 atom stereocenters. The van der Waals surface area contributed by atoms with Crippen molar-refractivity contribution < 1.29 is 27.0 Å². The third-order valence-electron chi connectivity index (χ3n) is 6.70. The molecule has 2 aromatic carbocycles. The lowest BCUT2D eigenvalue weighted by molar-refractivity contribution is -0.134. The number of ether oxygens (including phenoxy) is 1. The average molecular weight is 595 g/mol. The molecule has 0 aliphatic carbocycles. The topological polar surface area (TPSA) is 126 Å². The number of unbranched alkanes of at least 4 members (excludes halogenated alkanes) is 1. The number of sulfonamides is 1. The number of carbonyl (C=O) groups is 2. The summed E-state index contributed by atoms with van der Waals surface area (Å²) in [5.74, 6) is 0.805. The predicted octanol–water partition coefficient (Wildman–Crippen LogP) is 5.15. The van der Waals surface area contributed by atoms with Crippen molar-refractivity contribution in [3.8, 4) is 11.5 Å². The first-order valence-corrected chi connectivity index (χ1v) is 15.8. The van der Waals surface area contributed by atoms with E-state index < -0.39 is 16.0 Å². The minimum atomic E-state index is -3.32. The van der Waals surface area contributed by atoms with E-state index >= 15 is 0 Å². The number of nitrogens with one attached hydrogen (secondary N) is 3. The van der Waals surface area contributed by atoms with E-state index in [0.717, 1.165) is 51.4 Å². The number of urea groups is 1. The number of halogens is 1. The maximum Gasteiger partial charge on any atom is 0.324 e. The molecule has 3 N–H and O–H groups in total. The van der Waals surface area contributed by atoms with Crippen LogP contribution in [0.1, 0.15) is 57.4 Å². The highest BCUT2D eigenvalue weighted by atomic mass is 35.5. The zero-order valence-corrected chi connectivity index (χ0v) is 24.6. The summed E-state index contributed by atoms with van der Waals surface area (Å²) in [5.41, 5.74) is 1.66. The summed E-state index contributed by atoms with van der Waals surface area (Å²) in [6.45, 7) is 4.26. The Labute approximate surface area is 242 Å². The molecule has 1 aliphatic rings. The highest BCUT2D eigenvalue weighted by Gasteiger charge is 2.29. The summed E-state index contributed by atoms with van der Waals surface area (Å²) >= 11 is 5.02. The Morgan fingerprint density at radius 2 is 1.73 bits per heavy atom. The van der Waals surface area contributed by atoms with Crippen molar-refractivity contribution in [2.75, 3.05) is 24.1 Å². The predicted molar refractivity (Wildman–Crippen MR) is 156 cm³/mol. The van der Waals surface area contributed by atoms with Gasteiger partial charge in [-0.05, 0) is 67.6 Å². The smallest absolute Gasteiger partial charge is 0.324 e. The van der Waals surface area contributed by atoms with E-state index in [0.29, 0.717) is 36.2 Å². The van der Waals surface area contributed by atoms with Gasteiger partial charge < -0.3 is 19.7 Å². The van der Waals surface area contributed by atoms with E-state index in [1.165, 1.54) is 5.56 Å². The Kier molecular flexibility index (Phi) is 12.4. The van der Waals surface area contributed by atoms with Crippen LogP contribution in [0.2, 0.25) is 0 Å². The van der Waals surface area contributed by atoms with Crippen molar-refractivity contribution in [2.45, 2.75) is 70.5 Å². The van der Waals surface area contributed by atoms with Gasteiger partial charge in [-0.2, -0.15) is 0 Å². The van der Waals surface area contributed by atoms with Crippen LogP contribution in [0.25, 0.3) is 0 Å². The highest BCUT2D eigenvalue weighted by molar-refractivity contribution is 7.92. The number of likely N-dealkylation sites (tertiary alicyclic amines) is 1. The van der Waals surface area contributed by atoms with Gasteiger partial charge in [-0.1, -0.05) is 31.9 Å². The molecule has 2 aromatic rings. The molecule has 0 spiro atoms. The highest BCUT2D eigenvalue weighted by Crippen LogP contribution is 2.27. The van der Waals surface area contributed by atoms with Crippen LogP contribution in [0.15, 0.2) is 48.5 Å². The van der Waals surface area contributed by atoms with Gasteiger partial charge in [0.2, 0.25) is 10.0 Å². The van der Waals surface area contributed by atoms with Crippen molar-refractivity contribution in [2.24, 2.45) is 0 Å². The van der Waals surface area contributed by atoms with Crippen LogP contribution in [0.4, 0.5) is 10.5 Å². The van der Waals surface area contributed by atoms with Crippen molar-refractivity contribution in [3.63, 3.8) is 0 Å². The number of carbonyl (C=O) groups excluding carboxylic acids is 2. The third-order valence-corrected chi connectivity index (χ3v) is 7.47. The zero-order chi connectivity index (χ0) is 29.0. The molecule has 40 heavy (non-hydrogen) atoms. The number of hydrogen-bond donors (Lipinski definition) is 3. The lowest BCUT2D eigenvalue weighted by atomic mass is 9.93. The maximum absolute atomic E-state index is 12.3. The van der Waals surface area contributed by atoms with Gasteiger partial charge in [0.25, 0.3) is 0 Å². The zero-order valence-electron chi connectivity index (χ0n) is 23.0. The van der Waals surface area contributed by atoms with Crippen LogP contribution in [0.5, 0.6) is 11.5 Å². The molecule has 1 saturated heterocycles. The SMILES string of the molecule is CCCCC1CC(NC(=O)NCCCC(=O)OCl)CCN1Cc1ccc(Oc2ccc(NS(C)(=O)=O)cc2)cc1. The molecule has 2 unspecified atom stereocenters.